The molecule has 0 saturated carbocycles. The largest absolute Gasteiger partial charge is 0.452 e. The number of carbonyl (C=O) groups excluding carboxylic acids is 3. The molecule has 0 aliphatic rings. The summed E-state index contributed by atoms with van der Waals surface area (Å²) in [5.41, 5.74) is 2.05. The number of fused-ring (bicyclic) bond motifs is 1. The number of carbonyl (C=O) groups is 3. The second-order valence-corrected chi connectivity index (χ2v) is 6.25. The normalized spacial score (nSPS) is 10.5. The molecule has 0 aliphatic heterocycles. The van der Waals surface area contributed by atoms with Crippen molar-refractivity contribution < 1.29 is 19.1 Å². The number of rotatable bonds is 5. The molecule has 0 unspecified atom stereocenters. The van der Waals surface area contributed by atoms with Crippen molar-refractivity contribution in [2.45, 2.75) is 6.92 Å². The van der Waals surface area contributed by atoms with E-state index < -0.39 is 18.5 Å². The summed E-state index contributed by atoms with van der Waals surface area (Å²) < 4.78 is 6.57. The Balaban J connectivity index is 1.60. The van der Waals surface area contributed by atoms with Crippen LogP contribution in [0.4, 0.5) is 5.69 Å². The van der Waals surface area contributed by atoms with Crippen LogP contribution in [0.15, 0.2) is 42.7 Å². The summed E-state index contributed by atoms with van der Waals surface area (Å²) in [5, 5.41) is 6.80. The van der Waals surface area contributed by atoms with Gasteiger partial charge < -0.3 is 15.0 Å². The van der Waals surface area contributed by atoms with Crippen molar-refractivity contribution in [1.82, 2.24) is 19.5 Å². The summed E-state index contributed by atoms with van der Waals surface area (Å²) in [6.07, 6.45) is 3.22. The molecule has 9 nitrogen and oxygen atoms in total. The average Bonchev–Trinajstić information content (AvgIpc) is 3.02. The van der Waals surface area contributed by atoms with Crippen molar-refractivity contribution in [3.63, 3.8) is 0 Å². The first kappa shape index (κ1) is 19.0. The van der Waals surface area contributed by atoms with Gasteiger partial charge in [-0.2, -0.15) is 5.10 Å². The molecule has 2 aromatic heterocycles. The Labute approximate surface area is 160 Å². The van der Waals surface area contributed by atoms with Gasteiger partial charge in [0.2, 0.25) is 0 Å². The first-order chi connectivity index (χ1) is 13.4. The van der Waals surface area contributed by atoms with E-state index in [4.69, 9.17) is 4.74 Å². The zero-order valence-corrected chi connectivity index (χ0v) is 15.7. The highest BCUT2D eigenvalue weighted by molar-refractivity contribution is 6.00. The van der Waals surface area contributed by atoms with Gasteiger partial charge >= 0.3 is 5.97 Å². The number of benzene rings is 1. The number of esters is 1. The van der Waals surface area contributed by atoms with E-state index in [0.717, 1.165) is 0 Å². The summed E-state index contributed by atoms with van der Waals surface area (Å²) >= 11 is 0. The Hall–Kier alpha value is -3.75. The van der Waals surface area contributed by atoms with Crippen LogP contribution in [0, 0.1) is 6.92 Å². The van der Waals surface area contributed by atoms with E-state index in [1.54, 1.807) is 63.7 Å². The third-order valence-corrected chi connectivity index (χ3v) is 3.93. The van der Waals surface area contributed by atoms with Crippen LogP contribution in [0.25, 0.3) is 5.65 Å². The minimum atomic E-state index is -0.673. The Bertz CT molecular complexity index is 1040. The van der Waals surface area contributed by atoms with E-state index in [-0.39, 0.29) is 11.5 Å². The SMILES string of the molecule is Cc1nn2cccnc2c1C(=O)OCC(=O)Nc1ccc(C(=O)N(C)C)cc1. The van der Waals surface area contributed by atoms with E-state index in [9.17, 15) is 14.4 Å². The van der Waals surface area contributed by atoms with E-state index in [0.29, 0.717) is 22.6 Å². The molecule has 2 heterocycles. The molecule has 1 aromatic carbocycles. The molecule has 2 amide bonds. The zero-order valence-electron chi connectivity index (χ0n) is 15.7. The van der Waals surface area contributed by atoms with Gasteiger partial charge in [-0.05, 0) is 37.3 Å². The van der Waals surface area contributed by atoms with Gasteiger partial charge in [-0.3, -0.25) is 9.59 Å². The van der Waals surface area contributed by atoms with Gasteiger partial charge in [-0.25, -0.2) is 14.3 Å². The van der Waals surface area contributed by atoms with Crippen molar-refractivity contribution in [1.29, 1.82) is 0 Å². The standard InChI is InChI=1S/C19H19N5O4/c1-12-16(17-20-9-4-10-24(17)22-12)19(27)28-11-15(25)21-14-7-5-13(6-8-14)18(26)23(2)3/h4-10H,11H2,1-3H3,(H,21,25). The number of nitrogens with zero attached hydrogens (tertiary/aromatic N) is 4. The lowest BCUT2D eigenvalue weighted by molar-refractivity contribution is -0.119. The van der Waals surface area contributed by atoms with Crippen LogP contribution in [-0.4, -0.2) is 58.0 Å². The van der Waals surface area contributed by atoms with Gasteiger partial charge in [0.1, 0.15) is 5.56 Å². The molecular weight excluding hydrogens is 362 g/mol. The maximum atomic E-state index is 12.3. The molecule has 0 aliphatic carbocycles. The van der Waals surface area contributed by atoms with Crippen LogP contribution in [-0.2, 0) is 9.53 Å². The second kappa shape index (κ2) is 7.87. The van der Waals surface area contributed by atoms with Crippen LogP contribution >= 0.6 is 0 Å². The predicted octanol–water partition coefficient (Wildman–Crippen LogP) is 1.54. The summed E-state index contributed by atoms with van der Waals surface area (Å²) in [6, 6.07) is 8.13. The highest BCUT2D eigenvalue weighted by Crippen LogP contribution is 2.14. The molecule has 1 N–H and O–H groups in total. The van der Waals surface area contributed by atoms with Crippen LogP contribution in [0.5, 0.6) is 0 Å². The molecular formula is C19H19N5O4. The first-order valence-electron chi connectivity index (χ1n) is 8.45. The number of aryl methyl sites for hydroxylation is 1. The monoisotopic (exact) mass is 381 g/mol. The number of aromatic nitrogens is 3. The minimum Gasteiger partial charge on any atom is -0.452 e. The smallest absolute Gasteiger partial charge is 0.344 e. The van der Waals surface area contributed by atoms with Crippen LogP contribution in [0.2, 0.25) is 0 Å². The molecule has 0 fully saturated rings. The van der Waals surface area contributed by atoms with Crippen LogP contribution in [0.3, 0.4) is 0 Å². The minimum absolute atomic E-state index is 0.135. The van der Waals surface area contributed by atoms with E-state index in [1.807, 2.05) is 0 Å². The highest BCUT2D eigenvalue weighted by Gasteiger charge is 2.20. The van der Waals surface area contributed by atoms with Crippen LogP contribution < -0.4 is 5.32 Å². The summed E-state index contributed by atoms with van der Waals surface area (Å²) in [6.45, 7) is 1.21. The lowest BCUT2D eigenvalue weighted by Crippen LogP contribution is -2.22. The van der Waals surface area contributed by atoms with Gasteiger partial charge in [0.25, 0.3) is 11.8 Å². The van der Waals surface area contributed by atoms with Crippen LogP contribution in [0.1, 0.15) is 26.4 Å². The number of amides is 2. The topological polar surface area (TPSA) is 106 Å². The molecule has 0 saturated heterocycles. The molecule has 28 heavy (non-hydrogen) atoms. The third kappa shape index (κ3) is 3.98. The fourth-order valence-corrected chi connectivity index (χ4v) is 2.59. The molecule has 144 valence electrons. The summed E-state index contributed by atoms with van der Waals surface area (Å²) in [7, 11) is 3.32. The first-order valence-corrected chi connectivity index (χ1v) is 8.45. The number of hydrogen-bond donors (Lipinski definition) is 1. The number of hydrogen-bond acceptors (Lipinski definition) is 6. The molecule has 9 heteroatoms. The van der Waals surface area contributed by atoms with Gasteiger partial charge in [-0.15, -0.1) is 0 Å². The Kier molecular flexibility index (Phi) is 5.35. The van der Waals surface area contributed by atoms with E-state index in [2.05, 4.69) is 15.4 Å². The van der Waals surface area contributed by atoms with Crippen molar-refractivity contribution in [2.75, 3.05) is 26.0 Å². The number of ether oxygens (including phenoxy) is 1. The molecule has 0 spiro atoms. The Morgan fingerprint density at radius 2 is 1.89 bits per heavy atom. The van der Waals surface area contributed by atoms with Gasteiger partial charge in [-0.1, -0.05) is 0 Å². The molecule has 0 bridgehead atoms. The van der Waals surface area contributed by atoms with E-state index in [1.165, 1.54) is 9.42 Å². The molecule has 3 aromatic rings. The highest BCUT2D eigenvalue weighted by atomic mass is 16.5. The summed E-state index contributed by atoms with van der Waals surface area (Å²) in [5.74, 6) is -1.31. The predicted molar refractivity (Wildman–Crippen MR) is 101 cm³/mol. The zero-order chi connectivity index (χ0) is 20.3. The maximum Gasteiger partial charge on any atom is 0.344 e. The lowest BCUT2D eigenvalue weighted by Gasteiger charge is -2.11. The van der Waals surface area contributed by atoms with E-state index >= 15 is 0 Å². The second-order valence-electron chi connectivity index (χ2n) is 6.25. The van der Waals surface area contributed by atoms with Crippen molar-refractivity contribution >= 4 is 29.1 Å². The quantitative estimate of drug-likeness (QED) is 0.672. The lowest BCUT2D eigenvalue weighted by atomic mass is 10.2. The maximum absolute atomic E-state index is 12.3. The van der Waals surface area contributed by atoms with Gasteiger partial charge in [0, 0.05) is 37.7 Å². The summed E-state index contributed by atoms with van der Waals surface area (Å²) in [4.78, 5) is 41.8. The van der Waals surface area contributed by atoms with Crippen molar-refractivity contribution in [3.05, 3.63) is 59.5 Å². The van der Waals surface area contributed by atoms with Gasteiger partial charge in [0.05, 0.1) is 5.69 Å². The number of nitrogens with one attached hydrogen (secondary N) is 1. The molecule has 0 atom stereocenters. The Morgan fingerprint density at radius 1 is 1.18 bits per heavy atom. The molecule has 3 rings (SSSR count). The Morgan fingerprint density at radius 3 is 2.57 bits per heavy atom. The number of anilines is 1. The van der Waals surface area contributed by atoms with Crippen molar-refractivity contribution in [3.8, 4) is 0 Å². The fourth-order valence-electron chi connectivity index (χ4n) is 2.59. The fraction of sp³-hybridized carbons (Fsp3) is 0.211. The molecule has 0 radical (unpaired) electrons. The average molecular weight is 381 g/mol. The van der Waals surface area contributed by atoms with Crippen molar-refractivity contribution in [2.24, 2.45) is 0 Å². The third-order valence-electron chi connectivity index (χ3n) is 3.93. The van der Waals surface area contributed by atoms with Gasteiger partial charge in [0.15, 0.2) is 12.3 Å².